The van der Waals surface area contributed by atoms with Gasteiger partial charge in [-0.1, -0.05) is 41.9 Å². The molecule has 1 heterocycles. The van der Waals surface area contributed by atoms with Crippen LogP contribution >= 0.6 is 22.9 Å². The molecule has 0 saturated heterocycles. The monoisotopic (exact) mass is 576 g/mol. The minimum absolute atomic E-state index is 0.0736. The van der Waals surface area contributed by atoms with Crippen LogP contribution in [0.4, 0.5) is 18.9 Å². The maximum atomic E-state index is 13.4. The Kier molecular flexibility index (Phi) is 7.96. The predicted octanol–water partition coefficient (Wildman–Crippen LogP) is 7.79. The van der Waals surface area contributed by atoms with Crippen molar-refractivity contribution in [3.63, 3.8) is 0 Å². The summed E-state index contributed by atoms with van der Waals surface area (Å²) in [5, 5.41) is 0.306. The molecule has 0 fully saturated rings. The summed E-state index contributed by atoms with van der Waals surface area (Å²) < 4.78 is 70.0. The number of ether oxygens (including phenoxy) is 1. The fraction of sp³-hybridized carbons (Fsp3) is 0.0741. The lowest BCUT2D eigenvalue weighted by Gasteiger charge is -2.11. The van der Waals surface area contributed by atoms with E-state index in [1.807, 2.05) is 6.07 Å². The van der Waals surface area contributed by atoms with E-state index in [0.717, 1.165) is 23.7 Å². The second kappa shape index (κ2) is 11.0. The van der Waals surface area contributed by atoms with Gasteiger partial charge >= 0.3 is 6.18 Å². The van der Waals surface area contributed by atoms with Gasteiger partial charge in [0, 0.05) is 16.2 Å². The number of hydrogen-bond acceptors (Lipinski definition) is 6. The van der Waals surface area contributed by atoms with E-state index in [1.165, 1.54) is 18.2 Å². The van der Waals surface area contributed by atoms with Crippen molar-refractivity contribution < 1.29 is 26.3 Å². The number of nitrogens with two attached hydrogens (primary N) is 1. The van der Waals surface area contributed by atoms with E-state index in [-0.39, 0.29) is 22.0 Å². The van der Waals surface area contributed by atoms with Crippen LogP contribution in [0.1, 0.15) is 4.88 Å². The highest BCUT2D eigenvalue weighted by molar-refractivity contribution is 7.90. The molecule has 0 aliphatic carbocycles. The molecule has 2 N–H and O–H groups in total. The van der Waals surface area contributed by atoms with E-state index in [1.54, 1.807) is 60.7 Å². The molecule has 0 radical (unpaired) electrons. The largest absolute Gasteiger partial charge is 0.455 e. The van der Waals surface area contributed by atoms with Crippen LogP contribution in [0.2, 0.25) is 5.02 Å². The number of sulfone groups is 1. The Morgan fingerprint density at radius 3 is 2.42 bits per heavy atom. The molecule has 11 heteroatoms. The lowest BCUT2D eigenvalue weighted by atomic mass is 10.2. The van der Waals surface area contributed by atoms with Crippen molar-refractivity contribution in [2.24, 2.45) is 10.7 Å². The van der Waals surface area contributed by atoms with Crippen molar-refractivity contribution in [3.05, 3.63) is 107 Å². The third-order valence-corrected chi connectivity index (χ3v) is 7.66. The van der Waals surface area contributed by atoms with Gasteiger partial charge in [-0.3, -0.25) is 0 Å². The molecule has 0 aliphatic heterocycles. The number of para-hydroxylation sites is 1. The van der Waals surface area contributed by atoms with E-state index in [2.05, 4.69) is 4.99 Å². The first-order chi connectivity index (χ1) is 17.9. The summed E-state index contributed by atoms with van der Waals surface area (Å²) in [5.74, 6) is 0.775. The summed E-state index contributed by atoms with van der Waals surface area (Å²) in [6.45, 7) is 0. The van der Waals surface area contributed by atoms with Crippen molar-refractivity contribution in [2.45, 2.75) is 11.1 Å². The van der Waals surface area contributed by atoms with Crippen LogP contribution in [0.5, 0.6) is 11.5 Å². The van der Waals surface area contributed by atoms with Gasteiger partial charge in [-0.25, -0.2) is 13.4 Å². The van der Waals surface area contributed by atoms with Gasteiger partial charge in [0.05, 0.1) is 15.5 Å². The molecule has 1 aromatic heterocycles. The number of rotatable bonds is 7. The molecular formula is C27H20ClF3N2O3S2. The van der Waals surface area contributed by atoms with Crippen LogP contribution in [0, 0.1) is 0 Å². The Bertz CT molecular complexity index is 1630. The average Bonchev–Trinajstić information content (AvgIpc) is 3.35. The number of nitrogens with zero attached hydrogens (tertiary/aromatic N) is 1. The molecule has 5 nitrogen and oxygen atoms in total. The Morgan fingerprint density at radius 1 is 1.00 bits per heavy atom. The molecule has 4 aromatic rings. The highest BCUT2D eigenvalue weighted by Gasteiger charge is 2.32. The smallest absolute Gasteiger partial charge is 0.430 e. The Hall–Kier alpha value is -3.60. The third-order valence-electron chi connectivity index (χ3n) is 5.16. The number of benzene rings is 3. The lowest BCUT2D eigenvalue weighted by molar-refractivity contribution is -0.0925. The SMILES string of the molecule is CS(=O)(=O)c1cccc(-c2ccc(C(/C=C(\N)C(F)(F)F)=Nc3cc(Cl)ccc3Oc3ccccc3)s2)c1. The number of hydrogen-bond donors (Lipinski definition) is 1. The Morgan fingerprint density at radius 2 is 1.74 bits per heavy atom. The number of thiophene rings is 1. The minimum Gasteiger partial charge on any atom is -0.455 e. The molecule has 0 saturated carbocycles. The van der Waals surface area contributed by atoms with Crippen LogP contribution in [-0.2, 0) is 9.84 Å². The van der Waals surface area contributed by atoms with Gasteiger partial charge in [0.2, 0.25) is 0 Å². The molecule has 0 spiro atoms. The van der Waals surface area contributed by atoms with Crippen LogP contribution in [0.25, 0.3) is 10.4 Å². The van der Waals surface area contributed by atoms with Crippen LogP contribution in [0.3, 0.4) is 0 Å². The second-order valence-corrected chi connectivity index (χ2v) is 11.6. The number of aliphatic imine (C=N–C) groups is 1. The highest BCUT2D eigenvalue weighted by atomic mass is 35.5. The van der Waals surface area contributed by atoms with Gasteiger partial charge in [0.25, 0.3) is 0 Å². The van der Waals surface area contributed by atoms with Crippen LogP contribution < -0.4 is 10.5 Å². The summed E-state index contributed by atoms with van der Waals surface area (Å²) in [4.78, 5) is 5.59. The number of alkyl halides is 3. The fourth-order valence-corrected chi connectivity index (χ4v) is 5.10. The highest BCUT2D eigenvalue weighted by Crippen LogP contribution is 2.37. The maximum absolute atomic E-state index is 13.4. The van der Waals surface area contributed by atoms with Crippen molar-refractivity contribution >= 4 is 44.2 Å². The molecule has 0 unspecified atom stereocenters. The molecular weight excluding hydrogens is 557 g/mol. The summed E-state index contributed by atoms with van der Waals surface area (Å²) in [6.07, 6.45) is -2.93. The summed E-state index contributed by atoms with van der Waals surface area (Å²) in [5.41, 5.74) is 4.73. The summed E-state index contributed by atoms with van der Waals surface area (Å²) in [6, 6.07) is 23.0. The van der Waals surface area contributed by atoms with E-state index in [0.29, 0.717) is 26.1 Å². The molecule has 0 aliphatic rings. The van der Waals surface area contributed by atoms with E-state index < -0.39 is 21.7 Å². The standard InChI is InChI=1S/C27H20ClF3N2O3S2/c1-38(34,35)20-9-5-6-17(14-20)24-12-13-25(37-24)22(16-26(32)27(29,30)31)33-21-15-18(28)10-11-23(21)36-19-7-3-2-4-8-19/h2-16H,32H2,1H3/b26-16-,33-22?. The molecule has 4 rings (SSSR count). The molecule has 38 heavy (non-hydrogen) atoms. The van der Waals surface area contributed by atoms with Gasteiger partial charge in [-0.2, -0.15) is 13.2 Å². The zero-order valence-electron chi connectivity index (χ0n) is 19.7. The molecule has 3 aromatic carbocycles. The van der Waals surface area contributed by atoms with Gasteiger partial charge in [-0.15, -0.1) is 11.3 Å². The topological polar surface area (TPSA) is 81.8 Å². The molecule has 0 amide bonds. The molecule has 196 valence electrons. The van der Waals surface area contributed by atoms with Gasteiger partial charge in [0.1, 0.15) is 17.1 Å². The Labute approximate surface area is 226 Å². The first-order valence-electron chi connectivity index (χ1n) is 11.0. The van der Waals surface area contributed by atoms with Crippen molar-refractivity contribution in [1.29, 1.82) is 0 Å². The summed E-state index contributed by atoms with van der Waals surface area (Å²) in [7, 11) is -3.45. The van der Waals surface area contributed by atoms with Crippen LogP contribution in [0.15, 0.2) is 107 Å². The first-order valence-corrected chi connectivity index (χ1v) is 14.0. The van der Waals surface area contributed by atoms with Crippen molar-refractivity contribution in [2.75, 3.05) is 6.26 Å². The first kappa shape index (κ1) is 27.4. The number of halogens is 4. The average molecular weight is 577 g/mol. The lowest BCUT2D eigenvalue weighted by Crippen LogP contribution is -2.20. The van der Waals surface area contributed by atoms with Gasteiger partial charge in [-0.05, 0) is 66.2 Å². The quantitative estimate of drug-likeness (QED) is 0.228. The minimum atomic E-state index is -4.78. The summed E-state index contributed by atoms with van der Waals surface area (Å²) >= 11 is 7.30. The van der Waals surface area contributed by atoms with E-state index >= 15 is 0 Å². The van der Waals surface area contributed by atoms with Gasteiger partial charge < -0.3 is 10.5 Å². The van der Waals surface area contributed by atoms with E-state index in [9.17, 15) is 21.6 Å². The van der Waals surface area contributed by atoms with Crippen molar-refractivity contribution in [1.82, 2.24) is 0 Å². The third kappa shape index (κ3) is 6.83. The normalized spacial score (nSPS) is 13.0. The second-order valence-electron chi connectivity index (χ2n) is 8.09. The van der Waals surface area contributed by atoms with Crippen molar-refractivity contribution in [3.8, 4) is 21.9 Å². The maximum Gasteiger partial charge on any atom is 0.430 e. The van der Waals surface area contributed by atoms with Crippen LogP contribution in [-0.4, -0.2) is 26.6 Å². The predicted molar refractivity (Wildman–Crippen MR) is 145 cm³/mol. The zero-order valence-corrected chi connectivity index (χ0v) is 22.1. The zero-order chi connectivity index (χ0) is 27.5. The molecule has 0 atom stereocenters. The Balaban J connectivity index is 1.82. The molecule has 0 bridgehead atoms. The van der Waals surface area contributed by atoms with Gasteiger partial charge in [0.15, 0.2) is 15.6 Å². The fourth-order valence-electron chi connectivity index (χ4n) is 3.31. The number of allylic oxidation sites excluding steroid dienone is 2. The van der Waals surface area contributed by atoms with E-state index in [4.69, 9.17) is 22.1 Å².